The Hall–Kier alpha value is -2.21. The van der Waals surface area contributed by atoms with E-state index in [1.165, 1.54) is 0 Å². The maximum atomic E-state index is 11.7. The molecule has 6 heteroatoms. The van der Waals surface area contributed by atoms with Crippen LogP contribution in [0.4, 0.5) is 5.69 Å². The van der Waals surface area contributed by atoms with Crippen LogP contribution in [0.1, 0.15) is 6.42 Å². The number of aromatic nitrogens is 3. The zero-order chi connectivity index (χ0) is 12.8. The highest BCUT2D eigenvalue weighted by Crippen LogP contribution is 2.18. The minimum atomic E-state index is -0.0306. The van der Waals surface area contributed by atoms with Gasteiger partial charge in [-0.05, 0) is 19.2 Å². The zero-order valence-corrected chi connectivity index (χ0v) is 10.1. The Morgan fingerprint density at radius 3 is 2.94 bits per heavy atom. The van der Waals surface area contributed by atoms with Crippen molar-refractivity contribution < 1.29 is 4.79 Å². The van der Waals surface area contributed by atoms with E-state index in [0.717, 1.165) is 11.4 Å². The van der Waals surface area contributed by atoms with E-state index in [2.05, 4.69) is 20.9 Å². The molecule has 0 atom stereocenters. The second-order valence-corrected chi connectivity index (χ2v) is 3.77. The zero-order valence-electron chi connectivity index (χ0n) is 10.1. The first-order valence-corrected chi connectivity index (χ1v) is 5.71. The van der Waals surface area contributed by atoms with Crippen molar-refractivity contribution in [2.75, 3.05) is 18.9 Å². The number of benzene rings is 1. The molecule has 0 aliphatic heterocycles. The molecule has 0 bridgehead atoms. The molecule has 94 valence electrons. The molecule has 1 aromatic carbocycles. The second-order valence-electron chi connectivity index (χ2n) is 3.77. The van der Waals surface area contributed by atoms with Gasteiger partial charge in [-0.1, -0.05) is 17.3 Å². The summed E-state index contributed by atoms with van der Waals surface area (Å²) in [5.41, 5.74) is 1.52. The first-order valence-electron chi connectivity index (χ1n) is 5.71. The molecule has 1 heterocycles. The van der Waals surface area contributed by atoms with Crippen molar-refractivity contribution in [3.8, 4) is 5.69 Å². The Labute approximate surface area is 105 Å². The molecule has 0 saturated heterocycles. The Bertz CT molecular complexity index is 509. The van der Waals surface area contributed by atoms with E-state index in [1.807, 2.05) is 31.3 Å². The average molecular weight is 245 g/mol. The number of nitrogens with one attached hydrogen (secondary N) is 2. The molecule has 0 aliphatic rings. The van der Waals surface area contributed by atoms with E-state index in [4.69, 9.17) is 0 Å². The molecule has 0 radical (unpaired) electrons. The third kappa shape index (κ3) is 2.92. The average Bonchev–Trinajstić information content (AvgIpc) is 2.91. The summed E-state index contributed by atoms with van der Waals surface area (Å²) in [6.45, 7) is 0.650. The number of nitrogens with zero attached hydrogens (tertiary/aromatic N) is 3. The number of carbonyl (C=O) groups excluding carboxylic acids is 1. The van der Waals surface area contributed by atoms with Crippen LogP contribution >= 0.6 is 0 Å². The topological polar surface area (TPSA) is 71.8 Å². The molecule has 2 rings (SSSR count). The van der Waals surface area contributed by atoms with E-state index >= 15 is 0 Å². The van der Waals surface area contributed by atoms with Crippen molar-refractivity contribution in [3.63, 3.8) is 0 Å². The number of hydrogen-bond acceptors (Lipinski definition) is 4. The van der Waals surface area contributed by atoms with Gasteiger partial charge in [0.15, 0.2) is 0 Å². The quantitative estimate of drug-likeness (QED) is 0.818. The van der Waals surface area contributed by atoms with E-state index in [1.54, 1.807) is 17.1 Å². The van der Waals surface area contributed by atoms with E-state index in [9.17, 15) is 4.79 Å². The number of para-hydroxylation sites is 2. The van der Waals surface area contributed by atoms with Gasteiger partial charge < -0.3 is 10.6 Å². The molecule has 0 fully saturated rings. The molecule has 0 aliphatic carbocycles. The van der Waals surface area contributed by atoms with Crippen LogP contribution in [0.2, 0.25) is 0 Å². The highest BCUT2D eigenvalue weighted by Gasteiger charge is 2.07. The summed E-state index contributed by atoms with van der Waals surface area (Å²) in [6, 6.07) is 7.48. The van der Waals surface area contributed by atoms with Gasteiger partial charge >= 0.3 is 0 Å². The number of anilines is 1. The van der Waals surface area contributed by atoms with Crippen LogP contribution in [0.3, 0.4) is 0 Å². The Balaban J connectivity index is 2.16. The first kappa shape index (κ1) is 12.3. The van der Waals surface area contributed by atoms with E-state index in [0.29, 0.717) is 13.0 Å². The Morgan fingerprint density at radius 1 is 1.39 bits per heavy atom. The smallest absolute Gasteiger partial charge is 0.225 e. The van der Waals surface area contributed by atoms with Crippen LogP contribution in [0, 0.1) is 0 Å². The molecule has 0 unspecified atom stereocenters. The van der Waals surface area contributed by atoms with Gasteiger partial charge in [-0.2, -0.15) is 0 Å². The lowest BCUT2D eigenvalue weighted by molar-refractivity contribution is -0.116. The maximum Gasteiger partial charge on any atom is 0.225 e. The summed E-state index contributed by atoms with van der Waals surface area (Å²) < 4.78 is 1.62. The van der Waals surface area contributed by atoms with Crippen LogP contribution in [0.15, 0.2) is 36.7 Å². The van der Waals surface area contributed by atoms with Gasteiger partial charge in [0.2, 0.25) is 5.91 Å². The molecule has 6 nitrogen and oxygen atoms in total. The third-order valence-corrected chi connectivity index (χ3v) is 2.45. The summed E-state index contributed by atoms with van der Waals surface area (Å²) >= 11 is 0. The van der Waals surface area contributed by atoms with Gasteiger partial charge in [-0.3, -0.25) is 4.79 Å². The molecule has 0 spiro atoms. The van der Waals surface area contributed by atoms with Crippen LogP contribution in [0.25, 0.3) is 5.69 Å². The largest absolute Gasteiger partial charge is 0.324 e. The monoisotopic (exact) mass is 245 g/mol. The van der Waals surface area contributed by atoms with Crippen molar-refractivity contribution in [1.29, 1.82) is 0 Å². The normalized spacial score (nSPS) is 10.3. The minimum absolute atomic E-state index is 0.0306. The van der Waals surface area contributed by atoms with Crippen LogP contribution in [0.5, 0.6) is 0 Å². The summed E-state index contributed by atoms with van der Waals surface area (Å²) in [6.07, 6.45) is 3.76. The highest BCUT2D eigenvalue weighted by molar-refractivity contribution is 5.92. The summed E-state index contributed by atoms with van der Waals surface area (Å²) in [7, 11) is 1.82. The van der Waals surface area contributed by atoms with Crippen molar-refractivity contribution in [1.82, 2.24) is 20.3 Å². The minimum Gasteiger partial charge on any atom is -0.324 e. The van der Waals surface area contributed by atoms with Gasteiger partial charge in [0.25, 0.3) is 0 Å². The van der Waals surface area contributed by atoms with Gasteiger partial charge in [0, 0.05) is 13.0 Å². The molecule has 2 N–H and O–H groups in total. The van der Waals surface area contributed by atoms with Crippen LogP contribution < -0.4 is 10.6 Å². The summed E-state index contributed by atoms with van der Waals surface area (Å²) in [5, 5.41) is 13.5. The molecule has 2 aromatic rings. The number of hydrogen-bond donors (Lipinski definition) is 2. The fourth-order valence-electron chi connectivity index (χ4n) is 1.57. The molecule has 1 aromatic heterocycles. The SMILES string of the molecule is CNCCC(=O)Nc1ccccc1-n1ccnn1. The van der Waals surface area contributed by atoms with Crippen LogP contribution in [-0.2, 0) is 4.79 Å². The highest BCUT2D eigenvalue weighted by atomic mass is 16.1. The van der Waals surface area contributed by atoms with Crippen molar-refractivity contribution in [2.24, 2.45) is 0 Å². The predicted molar refractivity (Wildman–Crippen MR) is 68.5 cm³/mol. The van der Waals surface area contributed by atoms with Gasteiger partial charge in [0.05, 0.1) is 23.8 Å². The lowest BCUT2D eigenvalue weighted by atomic mass is 10.2. The fourth-order valence-corrected chi connectivity index (χ4v) is 1.57. The standard InChI is InChI=1S/C12H15N5O/c1-13-7-6-12(18)15-10-4-2-3-5-11(10)17-9-8-14-16-17/h2-5,8-9,13H,6-7H2,1H3,(H,15,18). The van der Waals surface area contributed by atoms with Crippen molar-refractivity contribution in [2.45, 2.75) is 6.42 Å². The summed E-state index contributed by atoms with van der Waals surface area (Å²) in [5.74, 6) is -0.0306. The van der Waals surface area contributed by atoms with Gasteiger partial charge in [-0.25, -0.2) is 4.68 Å². The number of carbonyl (C=O) groups is 1. The summed E-state index contributed by atoms with van der Waals surface area (Å²) in [4.78, 5) is 11.7. The number of rotatable bonds is 5. The Kier molecular flexibility index (Phi) is 4.03. The fraction of sp³-hybridized carbons (Fsp3) is 0.250. The van der Waals surface area contributed by atoms with Crippen molar-refractivity contribution in [3.05, 3.63) is 36.7 Å². The van der Waals surface area contributed by atoms with Gasteiger partial charge in [-0.15, -0.1) is 5.10 Å². The van der Waals surface area contributed by atoms with Gasteiger partial charge in [0.1, 0.15) is 0 Å². The third-order valence-electron chi connectivity index (χ3n) is 2.45. The first-order chi connectivity index (χ1) is 8.81. The van der Waals surface area contributed by atoms with Crippen LogP contribution in [-0.4, -0.2) is 34.5 Å². The van der Waals surface area contributed by atoms with E-state index < -0.39 is 0 Å². The number of amides is 1. The van der Waals surface area contributed by atoms with E-state index in [-0.39, 0.29) is 5.91 Å². The Morgan fingerprint density at radius 2 is 2.22 bits per heavy atom. The lowest BCUT2D eigenvalue weighted by Crippen LogP contribution is -2.19. The molecule has 18 heavy (non-hydrogen) atoms. The predicted octanol–water partition coefficient (Wildman–Crippen LogP) is 0.815. The molecule has 1 amide bonds. The van der Waals surface area contributed by atoms with Crippen molar-refractivity contribution >= 4 is 11.6 Å². The molecular weight excluding hydrogens is 230 g/mol. The maximum absolute atomic E-state index is 11.7. The molecular formula is C12H15N5O. The molecule has 0 saturated carbocycles. The second kappa shape index (κ2) is 5.92. The lowest BCUT2D eigenvalue weighted by Gasteiger charge is -2.10.